The fourth-order valence-corrected chi connectivity index (χ4v) is 3.97. The van der Waals surface area contributed by atoms with Crippen LogP contribution in [0.5, 0.6) is 0 Å². The minimum atomic E-state index is -1.37. The molecule has 0 spiro atoms. The van der Waals surface area contributed by atoms with Gasteiger partial charge in [-0.25, -0.2) is 4.79 Å². The third kappa shape index (κ3) is 2.40. The predicted molar refractivity (Wildman–Crippen MR) is 79.2 cm³/mol. The van der Waals surface area contributed by atoms with Crippen LogP contribution in [0.4, 0.5) is 0 Å². The second-order valence-electron chi connectivity index (χ2n) is 6.81. The van der Waals surface area contributed by atoms with E-state index in [-0.39, 0.29) is 12.2 Å². The van der Waals surface area contributed by atoms with E-state index in [9.17, 15) is 19.5 Å². The number of aliphatic hydroxyl groups is 1. The average Bonchev–Trinajstić information content (AvgIpc) is 2.98. The second kappa shape index (κ2) is 5.74. The largest absolute Gasteiger partial charge is 0.457 e. The molecule has 0 aromatic carbocycles. The van der Waals surface area contributed by atoms with Crippen LogP contribution in [0.2, 0.25) is 0 Å². The highest BCUT2D eigenvalue weighted by molar-refractivity contribution is 6.23. The summed E-state index contributed by atoms with van der Waals surface area (Å²) in [5, 5.41) is 10.5. The lowest BCUT2D eigenvalue weighted by Gasteiger charge is -2.34. The van der Waals surface area contributed by atoms with E-state index in [2.05, 4.69) is 6.92 Å². The van der Waals surface area contributed by atoms with Gasteiger partial charge in [-0.1, -0.05) is 26.2 Å². The second-order valence-corrected chi connectivity index (χ2v) is 6.81. The Morgan fingerprint density at radius 2 is 2.04 bits per heavy atom. The Labute approximate surface area is 134 Å². The third-order valence-corrected chi connectivity index (χ3v) is 5.32. The molecular weight excluding hydrogens is 300 g/mol. The topological polar surface area (TPSA) is 89.9 Å². The van der Waals surface area contributed by atoms with Gasteiger partial charge in [0.15, 0.2) is 5.60 Å². The van der Waals surface area contributed by atoms with E-state index in [1.165, 1.54) is 0 Å². The number of ketones is 1. The van der Waals surface area contributed by atoms with Crippen LogP contribution in [0.3, 0.4) is 0 Å². The van der Waals surface area contributed by atoms with E-state index < -0.39 is 41.3 Å². The van der Waals surface area contributed by atoms with Gasteiger partial charge >= 0.3 is 11.9 Å². The third-order valence-electron chi connectivity index (χ3n) is 5.32. The Kier molecular flexibility index (Phi) is 4.04. The fraction of sp³-hybridized carbons (Fsp3) is 0.706. The smallest absolute Gasteiger partial charge is 0.342 e. The maximum atomic E-state index is 12.7. The summed E-state index contributed by atoms with van der Waals surface area (Å²) in [5.74, 6) is -2.81. The number of aliphatic hydroxyl groups excluding tert-OH is 1. The molecule has 0 aromatic heterocycles. The van der Waals surface area contributed by atoms with Gasteiger partial charge in [-0.3, -0.25) is 9.59 Å². The van der Waals surface area contributed by atoms with E-state index in [0.29, 0.717) is 18.4 Å². The first-order valence-corrected chi connectivity index (χ1v) is 8.25. The van der Waals surface area contributed by atoms with Gasteiger partial charge in [0.2, 0.25) is 5.78 Å². The van der Waals surface area contributed by atoms with Crippen LogP contribution in [0.25, 0.3) is 0 Å². The van der Waals surface area contributed by atoms with Crippen molar-refractivity contribution in [1.29, 1.82) is 0 Å². The number of esters is 2. The van der Waals surface area contributed by atoms with E-state index >= 15 is 0 Å². The van der Waals surface area contributed by atoms with Crippen LogP contribution in [0.1, 0.15) is 46.0 Å². The number of carbonyl (C=O) groups is 3. The summed E-state index contributed by atoms with van der Waals surface area (Å²) in [6, 6.07) is 0. The highest BCUT2D eigenvalue weighted by Gasteiger charge is 2.63. The molecule has 0 amide bonds. The van der Waals surface area contributed by atoms with E-state index in [1.54, 1.807) is 6.92 Å². The molecule has 126 valence electrons. The van der Waals surface area contributed by atoms with Crippen molar-refractivity contribution < 1.29 is 29.0 Å². The molecule has 1 fully saturated rings. The molecule has 0 aromatic rings. The zero-order valence-corrected chi connectivity index (χ0v) is 13.5. The van der Waals surface area contributed by atoms with Crippen LogP contribution in [0.15, 0.2) is 11.1 Å². The normalized spacial score (nSPS) is 34.1. The number of carbonyl (C=O) groups excluding carboxylic acids is 3. The monoisotopic (exact) mass is 322 g/mol. The molecule has 23 heavy (non-hydrogen) atoms. The molecule has 1 saturated heterocycles. The van der Waals surface area contributed by atoms with Crippen LogP contribution >= 0.6 is 0 Å². The number of unbranched alkanes of at least 4 members (excludes halogenated alkanes) is 2. The lowest BCUT2D eigenvalue weighted by molar-refractivity contribution is -0.158. The lowest BCUT2D eigenvalue weighted by Crippen LogP contribution is -2.48. The van der Waals surface area contributed by atoms with Gasteiger partial charge in [0.05, 0.1) is 12.0 Å². The molecule has 1 N–H and O–H groups in total. The minimum Gasteiger partial charge on any atom is -0.457 e. The first-order valence-electron chi connectivity index (χ1n) is 8.25. The van der Waals surface area contributed by atoms with Crippen molar-refractivity contribution in [2.75, 3.05) is 6.61 Å². The van der Waals surface area contributed by atoms with E-state index in [4.69, 9.17) is 9.47 Å². The molecule has 0 radical (unpaired) electrons. The van der Waals surface area contributed by atoms with Crippen LogP contribution in [-0.4, -0.2) is 41.1 Å². The van der Waals surface area contributed by atoms with Gasteiger partial charge in [0.1, 0.15) is 12.2 Å². The minimum absolute atomic E-state index is 0.0395. The molecule has 2 aliphatic heterocycles. The van der Waals surface area contributed by atoms with Crippen molar-refractivity contribution in [2.45, 2.75) is 57.7 Å². The van der Waals surface area contributed by atoms with Crippen molar-refractivity contribution in [1.82, 2.24) is 0 Å². The quantitative estimate of drug-likeness (QED) is 0.466. The molecule has 0 bridgehead atoms. The van der Waals surface area contributed by atoms with Gasteiger partial charge in [-0.2, -0.15) is 0 Å². The van der Waals surface area contributed by atoms with Gasteiger partial charge in [-0.05, 0) is 25.3 Å². The molecule has 1 aliphatic carbocycles. The maximum Gasteiger partial charge on any atom is 0.342 e. The van der Waals surface area contributed by atoms with E-state index in [1.807, 2.05) is 0 Å². The summed E-state index contributed by atoms with van der Waals surface area (Å²) in [4.78, 5) is 36.7. The Bertz CT molecular complexity index is 592. The summed E-state index contributed by atoms with van der Waals surface area (Å²) in [5.41, 5.74) is -0.695. The number of Topliss-reactive ketones (excluding diaryl/α,β-unsaturated/α-hetero) is 1. The zero-order chi connectivity index (χ0) is 16.8. The molecule has 3 rings (SSSR count). The summed E-state index contributed by atoms with van der Waals surface area (Å²) in [6.45, 7) is 3.71. The zero-order valence-electron chi connectivity index (χ0n) is 13.5. The molecule has 4 atom stereocenters. The van der Waals surface area contributed by atoms with Crippen molar-refractivity contribution >= 4 is 17.7 Å². The molecule has 6 nitrogen and oxygen atoms in total. The molecule has 1 unspecified atom stereocenters. The van der Waals surface area contributed by atoms with Crippen molar-refractivity contribution in [3.8, 4) is 0 Å². The number of cyclic esters (lactones) is 1. The standard InChI is InChI=1S/C17H22O6/c1-3-4-5-6-11(18)13-10-7-9-8-22-15(20)12(9)14(19)17(10,2)23-16(13)21/h10-11,13,18H,3-8H2,1-2H3/t10-,11?,13+,17-/m0/s1. The van der Waals surface area contributed by atoms with Gasteiger partial charge < -0.3 is 14.6 Å². The first-order chi connectivity index (χ1) is 10.9. The van der Waals surface area contributed by atoms with E-state index in [0.717, 1.165) is 19.3 Å². The molecule has 3 aliphatic rings. The SMILES string of the molecule is CCCCCC(O)[C@@H]1C(=O)O[C@]2(C)C(=O)C3=C(COC3=O)C[C@@H]12. The summed E-state index contributed by atoms with van der Waals surface area (Å²) >= 11 is 0. The average molecular weight is 322 g/mol. The number of fused-ring (bicyclic) bond motifs is 1. The highest BCUT2D eigenvalue weighted by atomic mass is 16.6. The Morgan fingerprint density at radius 1 is 1.30 bits per heavy atom. The Balaban J connectivity index is 1.86. The summed E-state index contributed by atoms with van der Waals surface area (Å²) in [6.07, 6.45) is 2.90. The van der Waals surface area contributed by atoms with Crippen LogP contribution in [0, 0.1) is 11.8 Å². The van der Waals surface area contributed by atoms with Gasteiger partial charge in [-0.15, -0.1) is 0 Å². The number of hydrogen-bond acceptors (Lipinski definition) is 6. The van der Waals surface area contributed by atoms with Crippen molar-refractivity contribution in [3.05, 3.63) is 11.1 Å². The van der Waals surface area contributed by atoms with Crippen LogP contribution in [-0.2, 0) is 23.9 Å². The van der Waals surface area contributed by atoms with Gasteiger partial charge in [0.25, 0.3) is 0 Å². The number of rotatable bonds is 5. The summed E-state index contributed by atoms with van der Waals surface area (Å²) in [7, 11) is 0. The van der Waals surface area contributed by atoms with Crippen LogP contribution < -0.4 is 0 Å². The molecule has 6 heteroatoms. The maximum absolute atomic E-state index is 12.7. The molecule has 2 heterocycles. The Hall–Kier alpha value is -1.69. The predicted octanol–water partition coefficient (Wildman–Crippen LogP) is 1.30. The fourth-order valence-electron chi connectivity index (χ4n) is 3.97. The molecular formula is C17H22O6. The molecule has 0 saturated carbocycles. The lowest BCUT2D eigenvalue weighted by atomic mass is 9.68. The highest BCUT2D eigenvalue weighted by Crippen LogP contribution is 2.49. The first kappa shape index (κ1) is 16.2. The number of ether oxygens (including phenoxy) is 2. The van der Waals surface area contributed by atoms with Crippen molar-refractivity contribution in [2.24, 2.45) is 11.8 Å². The Morgan fingerprint density at radius 3 is 2.74 bits per heavy atom. The van der Waals surface area contributed by atoms with Crippen molar-refractivity contribution in [3.63, 3.8) is 0 Å². The number of hydrogen-bond donors (Lipinski definition) is 1. The van der Waals surface area contributed by atoms with Gasteiger partial charge in [0, 0.05) is 5.92 Å². The summed E-state index contributed by atoms with van der Waals surface area (Å²) < 4.78 is 10.3.